The van der Waals surface area contributed by atoms with Crippen LogP contribution < -0.4 is 0 Å². The van der Waals surface area contributed by atoms with Crippen LogP contribution in [0.25, 0.3) is 0 Å². The van der Waals surface area contributed by atoms with Crippen LogP contribution in [0.3, 0.4) is 0 Å². The molecule has 0 N–H and O–H groups in total. The second kappa shape index (κ2) is 5.70. The Morgan fingerprint density at radius 1 is 1.19 bits per heavy atom. The number of rotatable bonds is 2. The monoisotopic (exact) mass is 224 g/mol. The summed E-state index contributed by atoms with van der Waals surface area (Å²) in [4.78, 5) is 6.93. The lowest BCUT2D eigenvalue weighted by molar-refractivity contribution is 0.266. The van der Waals surface area contributed by atoms with Gasteiger partial charge in [-0.15, -0.1) is 0 Å². The molecule has 0 aliphatic heterocycles. The SMILES string of the molecule is CN=C(CC(C)(C)C)N(C)C1CCCCC1. The van der Waals surface area contributed by atoms with Crippen molar-refractivity contribution in [1.29, 1.82) is 0 Å². The molecule has 0 amide bonds. The topological polar surface area (TPSA) is 15.6 Å². The molecule has 2 heteroatoms. The summed E-state index contributed by atoms with van der Waals surface area (Å²) in [7, 11) is 4.16. The van der Waals surface area contributed by atoms with Crippen molar-refractivity contribution in [3.05, 3.63) is 0 Å². The maximum atomic E-state index is 4.49. The zero-order chi connectivity index (χ0) is 12.2. The van der Waals surface area contributed by atoms with Crippen LogP contribution in [0, 0.1) is 5.41 Å². The van der Waals surface area contributed by atoms with Gasteiger partial charge in [-0.1, -0.05) is 40.0 Å². The van der Waals surface area contributed by atoms with Crippen molar-refractivity contribution in [1.82, 2.24) is 4.90 Å². The fraction of sp³-hybridized carbons (Fsp3) is 0.929. The minimum absolute atomic E-state index is 0.331. The molecule has 1 rings (SSSR count). The first-order valence-electron chi connectivity index (χ1n) is 6.62. The molecule has 0 atom stereocenters. The molecule has 1 fully saturated rings. The lowest BCUT2D eigenvalue weighted by atomic mass is 9.89. The van der Waals surface area contributed by atoms with E-state index >= 15 is 0 Å². The zero-order valence-electron chi connectivity index (χ0n) is 11.7. The Morgan fingerprint density at radius 3 is 2.19 bits per heavy atom. The van der Waals surface area contributed by atoms with Crippen molar-refractivity contribution in [2.75, 3.05) is 14.1 Å². The van der Waals surface area contributed by atoms with Gasteiger partial charge in [0.05, 0.1) is 5.84 Å². The Labute approximate surface area is 101 Å². The Bertz CT molecular complexity index is 232. The molecule has 0 unspecified atom stereocenters. The third kappa shape index (κ3) is 4.15. The smallest absolute Gasteiger partial charge is 0.0990 e. The van der Waals surface area contributed by atoms with Crippen LogP contribution in [-0.4, -0.2) is 30.9 Å². The molecule has 0 aromatic rings. The van der Waals surface area contributed by atoms with Crippen molar-refractivity contribution in [3.63, 3.8) is 0 Å². The van der Waals surface area contributed by atoms with Gasteiger partial charge in [-0.2, -0.15) is 0 Å². The van der Waals surface area contributed by atoms with Gasteiger partial charge in [0.15, 0.2) is 0 Å². The van der Waals surface area contributed by atoms with Crippen molar-refractivity contribution in [3.8, 4) is 0 Å². The second-order valence-electron chi connectivity index (χ2n) is 6.28. The molecule has 94 valence electrons. The van der Waals surface area contributed by atoms with E-state index in [9.17, 15) is 0 Å². The summed E-state index contributed by atoms with van der Waals surface area (Å²) in [5.74, 6) is 1.28. The van der Waals surface area contributed by atoms with Gasteiger partial charge in [0.2, 0.25) is 0 Å². The molecule has 0 spiro atoms. The fourth-order valence-corrected chi connectivity index (χ4v) is 2.51. The molecule has 0 radical (unpaired) electrons. The average Bonchev–Trinajstić information content (AvgIpc) is 2.25. The standard InChI is InChI=1S/C14H28N2/c1-14(2,3)11-13(15-4)16(5)12-9-7-6-8-10-12/h12H,6-11H2,1-5H3. The fourth-order valence-electron chi connectivity index (χ4n) is 2.51. The van der Waals surface area contributed by atoms with Crippen LogP contribution >= 0.6 is 0 Å². The molecule has 16 heavy (non-hydrogen) atoms. The van der Waals surface area contributed by atoms with Gasteiger partial charge in [0.25, 0.3) is 0 Å². The minimum Gasteiger partial charge on any atom is -0.360 e. The Morgan fingerprint density at radius 2 is 1.75 bits per heavy atom. The number of amidine groups is 1. The number of hydrogen-bond donors (Lipinski definition) is 0. The van der Waals surface area contributed by atoms with Gasteiger partial charge in [-0.25, -0.2) is 0 Å². The Kier molecular flexibility index (Phi) is 4.82. The number of nitrogens with zero attached hydrogens (tertiary/aromatic N) is 2. The van der Waals surface area contributed by atoms with Gasteiger partial charge in [0.1, 0.15) is 0 Å². The van der Waals surface area contributed by atoms with E-state index in [1.807, 2.05) is 7.05 Å². The van der Waals surface area contributed by atoms with Gasteiger partial charge >= 0.3 is 0 Å². The molecule has 0 saturated heterocycles. The highest BCUT2D eigenvalue weighted by Gasteiger charge is 2.23. The van der Waals surface area contributed by atoms with Crippen LogP contribution in [-0.2, 0) is 0 Å². The first-order valence-corrected chi connectivity index (χ1v) is 6.62. The predicted molar refractivity (Wildman–Crippen MR) is 72.1 cm³/mol. The molecular formula is C14H28N2. The van der Waals surface area contributed by atoms with Gasteiger partial charge in [-0.3, -0.25) is 4.99 Å². The zero-order valence-corrected chi connectivity index (χ0v) is 11.7. The molecule has 0 bridgehead atoms. The molecular weight excluding hydrogens is 196 g/mol. The third-order valence-corrected chi connectivity index (χ3v) is 3.48. The molecule has 1 aliphatic rings. The highest BCUT2D eigenvalue weighted by molar-refractivity contribution is 5.82. The van der Waals surface area contributed by atoms with Crippen molar-refractivity contribution < 1.29 is 0 Å². The van der Waals surface area contributed by atoms with E-state index in [2.05, 4.69) is 37.7 Å². The number of aliphatic imine (C=N–C) groups is 1. The normalized spacial score (nSPS) is 19.9. The lowest BCUT2D eigenvalue weighted by Gasteiger charge is -2.35. The van der Waals surface area contributed by atoms with Crippen molar-refractivity contribution >= 4 is 5.84 Å². The van der Waals surface area contributed by atoms with E-state index in [0.717, 1.165) is 12.5 Å². The van der Waals surface area contributed by atoms with E-state index < -0.39 is 0 Å². The van der Waals surface area contributed by atoms with Gasteiger partial charge in [0, 0.05) is 26.6 Å². The largest absolute Gasteiger partial charge is 0.360 e. The van der Waals surface area contributed by atoms with E-state index in [0.29, 0.717) is 5.41 Å². The predicted octanol–water partition coefficient (Wildman–Crippen LogP) is 3.72. The van der Waals surface area contributed by atoms with Crippen LogP contribution in [0.15, 0.2) is 4.99 Å². The second-order valence-corrected chi connectivity index (χ2v) is 6.28. The first kappa shape index (κ1) is 13.5. The van der Waals surface area contributed by atoms with Gasteiger partial charge in [-0.05, 0) is 18.3 Å². The van der Waals surface area contributed by atoms with E-state index in [1.165, 1.54) is 37.9 Å². The highest BCUT2D eigenvalue weighted by Crippen LogP contribution is 2.25. The first-order chi connectivity index (χ1) is 7.44. The van der Waals surface area contributed by atoms with Crippen LogP contribution in [0.1, 0.15) is 59.3 Å². The molecule has 0 heterocycles. The summed E-state index contributed by atoms with van der Waals surface area (Å²) in [6, 6.07) is 0.731. The van der Waals surface area contributed by atoms with Crippen LogP contribution in [0.2, 0.25) is 0 Å². The average molecular weight is 224 g/mol. The summed E-state index contributed by atoms with van der Waals surface area (Å²) in [5, 5.41) is 0. The maximum Gasteiger partial charge on any atom is 0.0990 e. The van der Waals surface area contributed by atoms with Gasteiger partial charge < -0.3 is 4.90 Å². The Hall–Kier alpha value is -0.530. The van der Waals surface area contributed by atoms with E-state index in [4.69, 9.17) is 0 Å². The quantitative estimate of drug-likeness (QED) is 0.515. The lowest BCUT2D eigenvalue weighted by Crippen LogP contribution is -2.39. The minimum atomic E-state index is 0.331. The maximum absolute atomic E-state index is 4.49. The highest BCUT2D eigenvalue weighted by atomic mass is 15.2. The van der Waals surface area contributed by atoms with E-state index in [1.54, 1.807) is 0 Å². The summed E-state index contributed by atoms with van der Waals surface area (Å²) >= 11 is 0. The van der Waals surface area contributed by atoms with Crippen LogP contribution in [0.4, 0.5) is 0 Å². The number of hydrogen-bond acceptors (Lipinski definition) is 1. The molecule has 1 saturated carbocycles. The van der Waals surface area contributed by atoms with E-state index in [-0.39, 0.29) is 0 Å². The summed E-state index contributed by atoms with van der Waals surface area (Å²) < 4.78 is 0. The third-order valence-electron chi connectivity index (χ3n) is 3.48. The van der Waals surface area contributed by atoms with Crippen molar-refractivity contribution in [2.24, 2.45) is 10.4 Å². The summed E-state index contributed by atoms with van der Waals surface area (Å²) in [5.41, 5.74) is 0.331. The molecule has 0 aromatic heterocycles. The molecule has 0 aromatic carbocycles. The Balaban J connectivity index is 2.58. The summed E-state index contributed by atoms with van der Waals surface area (Å²) in [6.45, 7) is 6.85. The van der Waals surface area contributed by atoms with Crippen LogP contribution in [0.5, 0.6) is 0 Å². The molecule has 2 nitrogen and oxygen atoms in total. The van der Waals surface area contributed by atoms with Crippen molar-refractivity contribution in [2.45, 2.75) is 65.3 Å². The molecule has 1 aliphatic carbocycles. The summed E-state index contributed by atoms with van der Waals surface area (Å²) in [6.07, 6.45) is 7.97.